The first-order valence-electron chi connectivity index (χ1n) is 8.13. The average molecular weight is 312 g/mol. The van der Waals surface area contributed by atoms with E-state index in [1.54, 1.807) is 6.92 Å². The summed E-state index contributed by atoms with van der Waals surface area (Å²) in [4.78, 5) is 12.3. The monoisotopic (exact) mass is 312 g/mol. The summed E-state index contributed by atoms with van der Waals surface area (Å²) >= 11 is 0. The Hall–Kier alpha value is -0.840. The van der Waals surface area contributed by atoms with Crippen molar-refractivity contribution in [2.45, 2.75) is 55.9 Å². The number of ether oxygens (including phenoxy) is 1. The molecule has 5 heteroatoms. The van der Waals surface area contributed by atoms with Crippen molar-refractivity contribution in [2.75, 3.05) is 6.61 Å². The number of rotatable bonds is 4. The third-order valence-corrected chi connectivity index (χ3v) is 8.14. The molecule has 0 spiro atoms. The smallest absolute Gasteiger partial charge is 0.310 e. The molecule has 2 fully saturated rings. The first-order chi connectivity index (χ1) is 10.1. The number of carbonyl (C=O) groups is 1. The van der Waals surface area contributed by atoms with Crippen LogP contribution in [0.15, 0.2) is 12.2 Å². The van der Waals surface area contributed by atoms with Gasteiger partial charge in [-0.05, 0) is 38.0 Å². The fourth-order valence-electron chi connectivity index (χ4n) is 4.39. The van der Waals surface area contributed by atoms with Gasteiger partial charge in [0.15, 0.2) is 9.84 Å². The Morgan fingerprint density at radius 2 is 1.81 bits per heavy atom. The fourth-order valence-corrected chi connectivity index (χ4v) is 7.23. The molecule has 4 nitrogen and oxygen atoms in total. The first-order valence-corrected chi connectivity index (χ1v) is 9.74. The molecule has 0 aromatic heterocycles. The fraction of sp³-hybridized carbons (Fsp3) is 0.812. The molecule has 3 aliphatic rings. The second kappa shape index (κ2) is 5.75. The molecule has 0 N–H and O–H groups in total. The highest BCUT2D eigenvalue weighted by molar-refractivity contribution is 7.92. The number of hydrogen-bond acceptors (Lipinski definition) is 4. The van der Waals surface area contributed by atoms with Crippen LogP contribution in [0.25, 0.3) is 0 Å². The number of sulfone groups is 1. The molecule has 0 aromatic carbocycles. The summed E-state index contributed by atoms with van der Waals surface area (Å²) in [6.45, 7) is 2.08. The van der Waals surface area contributed by atoms with E-state index in [9.17, 15) is 13.2 Å². The third kappa shape index (κ3) is 2.54. The molecule has 21 heavy (non-hydrogen) atoms. The quantitative estimate of drug-likeness (QED) is 0.591. The zero-order chi connectivity index (χ0) is 15.0. The summed E-state index contributed by atoms with van der Waals surface area (Å²) in [6.07, 6.45) is 9.44. The van der Waals surface area contributed by atoms with Crippen LogP contribution in [0, 0.1) is 17.8 Å². The van der Waals surface area contributed by atoms with E-state index in [4.69, 9.17) is 4.74 Å². The lowest BCUT2D eigenvalue weighted by molar-refractivity contribution is -0.148. The molecule has 0 saturated heterocycles. The molecule has 0 heterocycles. The average Bonchev–Trinajstić information content (AvgIpc) is 3.09. The van der Waals surface area contributed by atoms with Crippen LogP contribution in [0.5, 0.6) is 0 Å². The van der Waals surface area contributed by atoms with Crippen molar-refractivity contribution < 1.29 is 17.9 Å². The molecule has 0 aromatic rings. The van der Waals surface area contributed by atoms with Crippen molar-refractivity contribution >= 4 is 15.8 Å². The van der Waals surface area contributed by atoms with Gasteiger partial charge in [-0.1, -0.05) is 31.4 Å². The molecular weight excluding hydrogens is 288 g/mol. The van der Waals surface area contributed by atoms with Crippen LogP contribution in [0.3, 0.4) is 0 Å². The van der Waals surface area contributed by atoms with Gasteiger partial charge in [0.1, 0.15) is 0 Å². The number of allylic oxidation sites excluding steroid dienone is 2. The van der Waals surface area contributed by atoms with Crippen molar-refractivity contribution in [3.05, 3.63) is 12.2 Å². The highest BCUT2D eigenvalue weighted by Crippen LogP contribution is 2.49. The third-order valence-electron chi connectivity index (χ3n) is 5.34. The maximum atomic E-state index is 13.1. The molecular formula is C16H24O4S. The normalized spacial score (nSPS) is 36.0. The zero-order valence-corrected chi connectivity index (χ0v) is 13.3. The van der Waals surface area contributed by atoms with Crippen molar-refractivity contribution in [3.63, 3.8) is 0 Å². The summed E-state index contributed by atoms with van der Waals surface area (Å²) in [6, 6.07) is 0. The summed E-state index contributed by atoms with van der Waals surface area (Å²) in [7, 11) is -3.26. The highest BCUT2D eigenvalue weighted by Gasteiger charge is 2.56. The Morgan fingerprint density at radius 3 is 2.48 bits per heavy atom. The maximum absolute atomic E-state index is 13.1. The largest absolute Gasteiger partial charge is 0.466 e. The van der Waals surface area contributed by atoms with Crippen molar-refractivity contribution in [2.24, 2.45) is 17.8 Å². The second-order valence-electron chi connectivity index (χ2n) is 6.54. The van der Waals surface area contributed by atoms with Crippen LogP contribution >= 0.6 is 0 Å². The van der Waals surface area contributed by atoms with Gasteiger partial charge in [-0.3, -0.25) is 4.79 Å². The summed E-state index contributed by atoms with van der Waals surface area (Å²) < 4.78 is 31.3. The molecule has 0 aliphatic heterocycles. The Labute approximate surface area is 126 Å². The lowest BCUT2D eigenvalue weighted by Crippen LogP contribution is -2.44. The van der Waals surface area contributed by atoms with Crippen LogP contribution in [0.1, 0.15) is 45.4 Å². The Morgan fingerprint density at radius 1 is 1.14 bits per heavy atom. The Bertz CT molecular complexity index is 530. The molecule has 0 amide bonds. The topological polar surface area (TPSA) is 60.4 Å². The van der Waals surface area contributed by atoms with Crippen LogP contribution < -0.4 is 0 Å². The van der Waals surface area contributed by atoms with E-state index >= 15 is 0 Å². The summed E-state index contributed by atoms with van der Waals surface area (Å²) in [5.41, 5.74) is 0. The lowest BCUT2D eigenvalue weighted by atomic mass is 9.93. The van der Waals surface area contributed by atoms with Gasteiger partial charge >= 0.3 is 5.97 Å². The van der Waals surface area contributed by atoms with Gasteiger partial charge in [0.05, 0.1) is 23.0 Å². The van der Waals surface area contributed by atoms with E-state index in [0.29, 0.717) is 6.61 Å². The van der Waals surface area contributed by atoms with Gasteiger partial charge in [-0.2, -0.15) is 0 Å². The Balaban J connectivity index is 1.87. The van der Waals surface area contributed by atoms with Crippen molar-refractivity contribution in [3.8, 4) is 0 Å². The highest BCUT2D eigenvalue weighted by atomic mass is 32.2. The van der Waals surface area contributed by atoms with Gasteiger partial charge in [0.2, 0.25) is 0 Å². The second-order valence-corrected chi connectivity index (χ2v) is 8.93. The van der Waals surface area contributed by atoms with E-state index in [-0.39, 0.29) is 23.1 Å². The molecule has 4 atom stereocenters. The minimum Gasteiger partial charge on any atom is -0.466 e. The van der Waals surface area contributed by atoms with E-state index in [1.165, 1.54) is 0 Å². The maximum Gasteiger partial charge on any atom is 0.310 e. The number of carbonyl (C=O) groups excluding carboxylic acids is 1. The van der Waals surface area contributed by atoms with E-state index in [2.05, 4.69) is 0 Å². The van der Waals surface area contributed by atoms with E-state index < -0.39 is 21.0 Å². The van der Waals surface area contributed by atoms with Crippen molar-refractivity contribution in [1.29, 1.82) is 0 Å². The molecule has 0 radical (unpaired) electrons. The summed E-state index contributed by atoms with van der Waals surface area (Å²) in [5.74, 6) is -0.737. The predicted octanol–water partition coefficient (Wildman–Crippen LogP) is 2.49. The Kier molecular flexibility index (Phi) is 4.12. The zero-order valence-electron chi connectivity index (χ0n) is 12.5. The first kappa shape index (κ1) is 15.1. The van der Waals surface area contributed by atoms with Crippen LogP contribution in [0.4, 0.5) is 0 Å². The van der Waals surface area contributed by atoms with Crippen molar-refractivity contribution in [1.82, 2.24) is 0 Å². The number of fused-ring (bicyclic) bond motifs is 2. The van der Waals surface area contributed by atoms with Gasteiger partial charge in [0.25, 0.3) is 0 Å². The van der Waals surface area contributed by atoms with Crippen LogP contribution in [0.2, 0.25) is 0 Å². The molecule has 3 rings (SSSR count). The molecule has 2 bridgehead atoms. The van der Waals surface area contributed by atoms with Gasteiger partial charge < -0.3 is 4.74 Å². The molecule has 118 valence electrons. The minimum absolute atomic E-state index is 0.0105. The molecule has 3 aliphatic carbocycles. The standard InChI is InChI=1S/C16H24O4S/c1-2-20-16(17)14-11-8-9-12(10-11)15(14)21(18,19)13-6-4-3-5-7-13/h8-9,11-15H,2-7,10H2,1H3/t11-,12+,14-,15+/m0/s1. The van der Waals surface area contributed by atoms with Gasteiger partial charge in [-0.15, -0.1) is 0 Å². The van der Waals surface area contributed by atoms with Gasteiger partial charge in [0, 0.05) is 0 Å². The van der Waals surface area contributed by atoms with E-state index in [1.807, 2.05) is 12.2 Å². The number of hydrogen-bond donors (Lipinski definition) is 0. The van der Waals surface area contributed by atoms with Gasteiger partial charge in [-0.25, -0.2) is 8.42 Å². The molecule has 0 unspecified atom stereocenters. The SMILES string of the molecule is CCOC(=O)[C@@H]1[C@H](S(=O)(=O)C2CCCCC2)[C@@H]2C=C[C@H]1C2. The molecule has 2 saturated carbocycles. The van der Waals surface area contributed by atoms with E-state index in [0.717, 1.165) is 38.5 Å². The van der Waals surface area contributed by atoms with Crippen LogP contribution in [-0.4, -0.2) is 31.5 Å². The van der Waals surface area contributed by atoms with Crippen LogP contribution in [-0.2, 0) is 19.4 Å². The number of esters is 1. The lowest BCUT2D eigenvalue weighted by Gasteiger charge is -2.31. The predicted molar refractivity (Wildman–Crippen MR) is 80.4 cm³/mol. The summed E-state index contributed by atoms with van der Waals surface area (Å²) in [5, 5.41) is -0.796. The minimum atomic E-state index is -3.26.